The van der Waals surface area contributed by atoms with Crippen molar-refractivity contribution in [3.8, 4) is 16.9 Å². The molecule has 0 bridgehead atoms. The molecule has 1 aliphatic heterocycles. The summed E-state index contributed by atoms with van der Waals surface area (Å²) in [6.45, 7) is 6.44. The first-order valence-corrected chi connectivity index (χ1v) is 13.7. The van der Waals surface area contributed by atoms with Gasteiger partial charge >= 0.3 is 0 Å². The summed E-state index contributed by atoms with van der Waals surface area (Å²) in [7, 11) is 0. The van der Waals surface area contributed by atoms with Crippen molar-refractivity contribution in [2.75, 3.05) is 13.2 Å². The van der Waals surface area contributed by atoms with Crippen molar-refractivity contribution < 1.29 is 27.0 Å². The fourth-order valence-corrected chi connectivity index (χ4v) is 5.95. The molecule has 0 N–H and O–H groups in total. The van der Waals surface area contributed by atoms with Gasteiger partial charge in [-0.2, -0.15) is 4.39 Å². The Hall–Kier alpha value is -2.34. The third-order valence-corrected chi connectivity index (χ3v) is 8.18. The average Bonchev–Trinajstić information content (AvgIpc) is 2.92. The molecular formula is C31H38F4O2. The minimum atomic E-state index is -1.24. The average molecular weight is 519 g/mol. The Kier molecular flexibility index (Phi) is 9.69. The summed E-state index contributed by atoms with van der Waals surface area (Å²) in [5, 5.41) is 0. The first-order valence-electron chi connectivity index (χ1n) is 13.7. The van der Waals surface area contributed by atoms with Gasteiger partial charge in [-0.25, -0.2) is 13.2 Å². The minimum absolute atomic E-state index is 0.0645. The van der Waals surface area contributed by atoms with Crippen LogP contribution in [0.5, 0.6) is 5.75 Å². The van der Waals surface area contributed by atoms with Crippen molar-refractivity contribution in [1.29, 1.82) is 0 Å². The molecule has 0 amide bonds. The Labute approximate surface area is 218 Å². The van der Waals surface area contributed by atoms with Crippen molar-refractivity contribution in [3.63, 3.8) is 0 Å². The lowest BCUT2D eigenvalue weighted by molar-refractivity contribution is -0.0228. The van der Waals surface area contributed by atoms with Gasteiger partial charge in [-0.1, -0.05) is 24.6 Å². The highest BCUT2D eigenvalue weighted by molar-refractivity contribution is 5.66. The molecule has 2 aliphatic rings. The molecule has 2 atom stereocenters. The zero-order chi connectivity index (χ0) is 26.4. The van der Waals surface area contributed by atoms with Gasteiger partial charge in [0.15, 0.2) is 23.2 Å². The summed E-state index contributed by atoms with van der Waals surface area (Å²) in [5.74, 6) is -3.63. The van der Waals surface area contributed by atoms with Crippen molar-refractivity contribution in [1.82, 2.24) is 0 Å². The van der Waals surface area contributed by atoms with Gasteiger partial charge in [0, 0.05) is 17.7 Å². The minimum Gasteiger partial charge on any atom is -0.491 e. The second-order valence-electron chi connectivity index (χ2n) is 10.6. The maximum atomic E-state index is 15.1. The largest absolute Gasteiger partial charge is 0.491 e. The molecule has 2 aromatic rings. The highest BCUT2D eigenvalue weighted by Gasteiger charge is 2.29. The summed E-state index contributed by atoms with van der Waals surface area (Å²) in [4.78, 5) is 0. The predicted octanol–water partition coefficient (Wildman–Crippen LogP) is 9.12. The van der Waals surface area contributed by atoms with Gasteiger partial charge in [-0.3, -0.25) is 0 Å². The van der Waals surface area contributed by atoms with Gasteiger partial charge in [0.1, 0.15) is 0 Å². The molecule has 2 nitrogen and oxygen atoms in total. The third kappa shape index (κ3) is 6.57. The Morgan fingerprint density at radius 2 is 1.46 bits per heavy atom. The van der Waals surface area contributed by atoms with Crippen LogP contribution in [0.4, 0.5) is 17.6 Å². The van der Waals surface area contributed by atoms with Crippen LogP contribution < -0.4 is 4.74 Å². The molecule has 1 heterocycles. The van der Waals surface area contributed by atoms with E-state index in [1.54, 1.807) is 6.92 Å². The standard InChI is InChI=1S/C31H38F4O2/c1-3-5-6-23-14-11-21(19-37-23)8-7-20-9-12-22(13-10-20)24-15-16-25(29(33)28(24)32)26-17-18-27(36-4-2)31(35)30(26)34/h3,15-18,20-23H,1,4-14,19H2,2H3. The van der Waals surface area contributed by atoms with E-state index in [4.69, 9.17) is 9.47 Å². The van der Waals surface area contributed by atoms with Crippen LogP contribution in [0.25, 0.3) is 11.1 Å². The number of benzene rings is 2. The molecule has 2 unspecified atom stereocenters. The van der Waals surface area contributed by atoms with Crippen molar-refractivity contribution in [2.45, 2.75) is 83.2 Å². The van der Waals surface area contributed by atoms with Crippen LogP contribution >= 0.6 is 0 Å². The molecule has 202 valence electrons. The molecule has 2 fully saturated rings. The van der Waals surface area contributed by atoms with Gasteiger partial charge in [0.25, 0.3) is 0 Å². The SMILES string of the molecule is C=CCCC1CCC(CCC2CCC(c3ccc(-c4ccc(OCC)c(F)c4F)c(F)c3F)CC2)CO1. The van der Waals surface area contributed by atoms with Gasteiger partial charge in [-0.15, -0.1) is 6.58 Å². The van der Waals surface area contributed by atoms with Crippen LogP contribution in [0.3, 0.4) is 0 Å². The van der Waals surface area contributed by atoms with E-state index in [1.165, 1.54) is 30.7 Å². The van der Waals surface area contributed by atoms with Crippen LogP contribution in [0, 0.1) is 35.1 Å². The number of ether oxygens (including phenoxy) is 2. The van der Waals surface area contributed by atoms with E-state index in [9.17, 15) is 8.78 Å². The Morgan fingerprint density at radius 1 is 0.811 bits per heavy atom. The van der Waals surface area contributed by atoms with Crippen LogP contribution in [0.1, 0.15) is 82.6 Å². The lowest BCUT2D eigenvalue weighted by Gasteiger charge is -2.32. The first-order chi connectivity index (χ1) is 17.9. The van der Waals surface area contributed by atoms with E-state index in [2.05, 4.69) is 6.58 Å². The zero-order valence-corrected chi connectivity index (χ0v) is 21.7. The van der Waals surface area contributed by atoms with Gasteiger partial charge in [-0.05, 0) is 100 Å². The lowest BCUT2D eigenvalue weighted by Crippen LogP contribution is -2.26. The van der Waals surface area contributed by atoms with Gasteiger partial charge in [0.05, 0.1) is 12.7 Å². The number of hydrogen-bond acceptors (Lipinski definition) is 2. The Bertz CT molecular complexity index is 1050. The summed E-state index contributed by atoms with van der Waals surface area (Å²) in [6, 6.07) is 5.37. The quantitative estimate of drug-likeness (QED) is 0.231. The summed E-state index contributed by atoms with van der Waals surface area (Å²) in [6.07, 6.45) is 12.6. The highest BCUT2D eigenvalue weighted by atomic mass is 19.2. The highest BCUT2D eigenvalue weighted by Crippen LogP contribution is 2.41. The molecule has 0 spiro atoms. The molecule has 4 rings (SSSR count). The number of rotatable bonds is 10. The van der Waals surface area contributed by atoms with E-state index < -0.39 is 23.3 Å². The van der Waals surface area contributed by atoms with Crippen molar-refractivity contribution in [3.05, 3.63) is 65.8 Å². The topological polar surface area (TPSA) is 18.5 Å². The molecule has 37 heavy (non-hydrogen) atoms. The molecule has 0 aromatic heterocycles. The van der Waals surface area contributed by atoms with Gasteiger partial charge < -0.3 is 9.47 Å². The maximum Gasteiger partial charge on any atom is 0.201 e. The predicted molar refractivity (Wildman–Crippen MR) is 139 cm³/mol. The van der Waals surface area contributed by atoms with E-state index in [0.717, 1.165) is 64.4 Å². The molecule has 1 saturated heterocycles. The van der Waals surface area contributed by atoms with E-state index in [1.807, 2.05) is 6.08 Å². The van der Waals surface area contributed by atoms with Gasteiger partial charge in [0.2, 0.25) is 5.82 Å². The molecule has 1 aliphatic carbocycles. The number of allylic oxidation sites excluding steroid dienone is 1. The number of hydrogen-bond donors (Lipinski definition) is 0. The fourth-order valence-electron chi connectivity index (χ4n) is 5.95. The van der Waals surface area contributed by atoms with Crippen LogP contribution in [0.15, 0.2) is 36.9 Å². The van der Waals surface area contributed by atoms with E-state index >= 15 is 8.78 Å². The second kappa shape index (κ2) is 12.9. The normalized spacial score (nSPS) is 24.1. The lowest BCUT2D eigenvalue weighted by atomic mass is 9.76. The molecular weight excluding hydrogens is 480 g/mol. The first kappa shape index (κ1) is 27.7. The summed E-state index contributed by atoms with van der Waals surface area (Å²) < 4.78 is 70.1. The fraction of sp³-hybridized carbons (Fsp3) is 0.548. The Balaban J connectivity index is 1.32. The van der Waals surface area contributed by atoms with E-state index in [0.29, 0.717) is 23.5 Å². The smallest absolute Gasteiger partial charge is 0.201 e. The molecule has 1 saturated carbocycles. The van der Waals surface area contributed by atoms with Crippen molar-refractivity contribution >= 4 is 0 Å². The molecule has 6 heteroatoms. The van der Waals surface area contributed by atoms with E-state index in [-0.39, 0.29) is 29.4 Å². The van der Waals surface area contributed by atoms with Crippen molar-refractivity contribution in [2.24, 2.45) is 11.8 Å². The maximum absolute atomic E-state index is 15.1. The van der Waals surface area contributed by atoms with Crippen LogP contribution in [-0.4, -0.2) is 19.3 Å². The molecule has 2 aromatic carbocycles. The summed E-state index contributed by atoms with van der Waals surface area (Å²) >= 11 is 0. The van der Waals surface area contributed by atoms with Crippen LogP contribution in [0.2, 0.25) is 0 Å². The monoisotopic (exact) mass is 518 g/mol. The third-order valence-electron chi connectivity index (χ3n) is 8.18. The summed E-state index contributed by atoms with van der Waals surface area (Å²) in [5.41, 5.74) is -0.264. The zero-order valence-electron chi connectivity index (χ0n) is 21.7. The van der Waals surface area contributed by atoms with Crippen LogP contribution in [-0.2, 0) is 4.74 Å². The second-order valence-corrected chi connectivity index (χ2v) is 10.6. The number of halogens is 4. The molecule has 0 radical (unpaired) electrons. The Morgan fingerprint density at radius 3 is 2.11 bits per heavy atom.